The Kier molecular flexibility index (Phi) is 5.83. The molecule has 31 heavy (non-hydrogen) atoms. The molecule has 0 saturated heterocycles. The lowest BCUT2D eigenvalue weighted by molar-refractivity contribution is 0.462. The first-order valence-electron chi connectivity index (χ1n) is 11.4. The van der Waals surface area contributed by atoms with Gasteiger partial charge in [0.2, 0.25) is 5.95 Å². The SMILES string of the molecule is c1ccc2c(NCCNc3nc(NC4CCCCC4)c4ccccc4n3)cccc2c1. The van der Waals surface area contributed by atoms with Crippen molar-refractivity contribution >= 4 is 39.1 Å². The van der Waals surface area contributed by atoms with Gasteiger partial charge in [0, 0.05) is 35.6 Å². The summed E-state index contributed by atoms with van der Waals surface area (Å²) in [5, 5.41) is 14.2. The van der Waals surface area contributed by atoms with Crippen LogP contribution >= 0.6 is 0 Å². The Morgan fingerprint density at radius 2 is 1.45 bits per heavy atom. The number of anilines is 3. The summed E-state index contributed by atoms with van der Waals surface area (Å²) in [6.07, 6.45) is 6.38. The molecule has 0 bridgehead atoms. The van der Waals surface area contributed by atoms with Gasteiger partial charge < -0.3 is 16.0 Å². The Bertz CT molecular complexity index is 1160. The van der Waals surface area contributed by atoms with Crippen molar-refractivity contribution in [1.29, 1.82) is 0 Å². The van der Waals surface area contributed by atoms with E-state index in [1.54, 1.807) is 0 Å². The Morgan fingerprint density at radius 1 is 0.710 bits per heavy atom. The highest BCUT2D eigenvalue weighted by molar-refractivity contribution is 5.93. The first-order chi connectivity index (χ1) is 15.4. The maximum absolute atomic E-state index is 4.83. The summed E-state index contributed by atoms with van der Waals surface area (Å²) in [6, 6.07) is 23.6. The van der Waals surface area contributed by atoms with E-state index >= 15 is 0 Å². The van der Waals surface area contributed by atoms with Gasteiger partial charge in [-0.15, -0.1) is 0 Å². The topological polar surface area (TPSA) is 61.9 Å². The van der Waals surface area contributed by atoms with Crippen molar-refractivity contribution in [2.75, 3.05) is 29.0 Å². The highest BCUT2D eigenvalue weighted by Gasteiger charge is 2.16. The fourth-order valence-corrected chi connectivity index (χ4v) is 4.46. The average molecular weight is 412 g/mol. The van der Waals surface area contributed by atoms with Gasteiger partial charge in [0.05, 0.1) is 5.52 Å². The van der Waals surface area contributed by atoms with Gasteiger partial charge in [-0.25, -0.2) is 4.98 Å². The van der Waals surface area contributed by atoms with E-state index in [0.717, 1.165) is 35.5 Å². The van der Waals surface area contributed by atoms with Gasteiger partial charge in [0.25, 0.3) is 0 Å². The molecule has 4 aromatic rings. The van der Waals surface area contributed by atoms with Crippen molar-refractivity contribution in [2.24, 2.45) is 0 Å². The molecule has 0 aliphatic heterocycles. The number of hydrogen-bond acceptors (Lipinski definition) is 5. The minimum Gasteiger partial charge on any atom is -0.383 e. The van der Waals surface area contributed by atoms with Crippen molar-refractivity contribution in [3.05, 3.63) is 66.7 Å². The predicted octanol–water partition coefficient (Wildman–Crippen LogP) is 6.05. The number of aromatic nitrogens is 2. The molecule has 0 radical (unpaired) electrons. The molecule has 0 atom stereocenters. The maximum Gasteiger partial charge on any atom is 0.225 e. The Hall–Kier alpha value is -3.34. The molecular weight excluding hydrogens is 382 g/mol. The number of para-hydroxylation sites is 1. The Balaban J connectivity index is 1.27. The Labute approximate surface area is 183 Å². The van der Waals surface area contributed by atoms with Crippen LogP contribution in [0.3, 0.4) is 0 Å². The van der Waals surface area contributed by atoms with Gasteiger partial charge in [0.15, 0.2) is 0 Å². The van der Waals surface area contributed by atoms with Crippen LogP contribution in [-0.2, 0) is 0 Å². The zero-order chi connectivity index (χ0) is 20.9. The molecular formula is C26H29N5. The summed E-state index contributed by atoms with van der Waals surface area (Å²) in [4.78, 5) is 9.56. The maximum atomic E-state index is 4.83. The molecule has 1 saturated carbocycles. The molecule has 1 heterocycles. The molecule has 1 aliphatic carbocycles. The number of nitrogens with one attached hydrogen (secondary N) is 3. The molecule has 5 heteroatoms. The van der Waals surface area contributed by atoms with Crippen molar-refractivity contribution < 1.29 is 0 Å². The summed E-state index contributed by atoms with van der Waals surface area (Å²) in [6.45, 7) is 1.53. The quantitative estimate of drug-likeness (QED) is 0.323. The third-order valence-corrected chi connectivity index (χ3v) is 6.06. The number of hydrogen-bond donors (Lipinski definition) is 3. The largest absolute Gasteiger partial charge is 0.383 e. The minimum absolute atomic E-state index is 0.507. The molecule has 3 N–H and O–H groups in total. The summed E-state index contributed by atoms with van der Waals surface area (Å²) in [7, 11) is 0. The molecule has 5 rings (SSSR count). The number of nitrogens with zero attached hydrogens (tertiary/aromatic N) is 2. The standard InChI is InChI=1S/C26H29N5/c1-2-11-20(12-3-1)29-25-22-14-6-7-15-24(22)30-26(31-25)28-18-17-27-23-16-8-10-19-9-4-5-13-21(19)23/h4-10,13-16,20,27H,1-3,11-12,17-18H2,(H2,28,29,30,31). The second-order valence-corrected chi connectivity index (χ2v) is 8.27. The van der Waals surface area contributed by atoms with Gasteiger partial charge in [-0.1, -0.05) is 67.8 Å². The van der Waals surface area contributed by atoms with E-state index in [4.69, 9.17) is 9.97 Å². The molecule has 1 aliphatic rings. The van der Waals surface area contributed by atoms with Gasteiger partial charge >= 0.3 is 0 Å². The average Bonchev–Trinajstić information content (AvgIpc) is 2.82. The fourth-order valence-electron chi connectivity index (χ4n) is 4.46. The minimum atomic E-state index is 0.507. The third-order valence-electron chi connectivity index (χ3n) is 6.06. The number of benzene rings is 3. The highest BCUT2D eigenvalue weighted by atomic mass is 15.2. The van der Waals surface area contributed by atoms with Gasteiger partial charge in [-0.05, 0) is 36.4 Å². The van der Waals surface area contributed by atoms with E-state index in [1.807, 2.05) is 6.07 Å². The highest BCUT2D eigenvalue weighted by Crippen LogP contribution is 2.26. The molecule has 5 nitrogen and oxygen atoms in total. The fraction of sp³-hybridized carbons (Fsp3) is 0.308. The van der Waals surface area contributed by atoms with Gasteiger partial charge in [0.1, 0.15) is 5.82 Å². The van der Waals surface area contributed by atoms with Gasteiger partial charge in [-0.2, -0.15) is 4.98 Å². The van der Waals surface area contributed by atoms with E-state index in [-0.39, 0.29) is 0 Å². The second-order valence-electron chi connectivity index (χ2n) is 8.27. The molecule has 0 spiro atoms. The molecule has 1 aromatic heterocycles. The normalized spacial score (nSPS) is 14.6. The van der Waals surface area contributed by atoms with Crippen molar-refractivity contribution in [2.45, 2.75) is 38.1 Å². The van der Waals surface area contributed by atoms with Crippen LogP contribution in [-0.4, -0.2) is 29.1 Å². The lowest BCUT2D eigenvalue weighted by Crippen LogP contribution is -2.23. The monoisotopic (exact) mass is 411 g/mol. The lowest BCUT2D eigenvalue weighted by Gasteiger charge is -2.24. The summed E-state index contributed by atoms with van der Waals surface area (Å²) in [5.41, 5.74) is 2.12. The lowest BCUT2D eigenvalue weighted by atomic mass is 9.95. The number of rotatable bonds is 7. The molecule has 1 fully saturated rings. The van der Waals surface area contributed by atoms with E-state index in [0.29, 0.717) is 12.0 Å². The Morgan fingerprint density at radius 3 is 2.35 bits per heavy atom. The smallest absolute Gasteiger partial charge is 0.225 e. The van der Waals surface area contributed by atoms with Crippen molar-refractivity contribution in [3.63, 3.8) is 0 Å². The van der Waals surface area contributed by atoms with E-state index < -0.39 is 0 Å². The van der Waals surface area contributed by atoms with Crippen LogP contribution in [0.4, 0.5) is 17.5 Å². The van der Waals surface area contributed by atoms with Crippen molar-refractivity contribution in [1.82, 2.24) is 9.97 Å². The molecule has 0 amide bonds. The predicted molar refractivity (Wildman–Crippen MR) is 131 cm³/mol. The second kappa shape index (κ2) is 9.21. The zero-order valence-electron chi connectivity index (χ0n) is 17.8. The zero-order valence-corrected chi connectivity index (χ0v) is 17.8. The van der Waals surface area contributed by atoms with E-state index in [9.17, 15) is 0 Å². The summed E-state index contributed by atoms with van der Waals surface area (Å²) >= 11 is 0. The summed E-state index contributed by atoms with van der Waals surface area (Å²) < 4.78 is 0. The van der Waals surface area contributed by atoms with E-state index in [2.05, 4.69) is 76.6 Å². The molecule has 3 aromatic carbocycles. The number of fused-ring (bicyclic) bond motifs is 2. The van der Waals surface area contributed by atoms with Crippen LogP contribution in [0, 0.1) is 0 Å². The molecule has 158 valence electrons. The molecule has 0 unspecified atom stereocenters. The van der Waals surface area contributed by atoms with Crippen LogP contribution in [0.15, 0.2) is 66.7 Å². The van der Waals surface area contributed by atoms with Crippen LogP contribution < -0.4 is 16.0 Å². The van der Waals surface area contributed by atoms with E-state index in [1.165, 1.54) is 42.9 Å². The van der Waals surface area contributed by atoms with Crippen LogP contribution in [0.2, 0.25) is 0 Å². The third kappa shape index (κ3) is 4.55. The van der Waals surface area contributed by atoms with Crippen molar-refractivity contribution in [3.8, 4) is 0 Å². The first-order valence-corrected chi connectivity index (χ1v) is 11.4. The van der Waals surface area contributed by atoms with Gasteiger partial charge in [-0.3, -0.25) is 0 Å². The summed E-state index contributed by atoms with van der Waals surface area (Å²) in [5.74, 6) is 1.62. The van der Waals surface area contributed by atoms with Crippen LogP contribution in [0.25, 0.3) is 21.7 Å². The van der Waals surface area contributed by atoms with Crippen LogP contribution in [0.1, 0.15) is 32.1 Å². The first kappa shape index (κ1) is 19.6. The van der Waals surface area contributed by atoms with Crippen LogP contribution in [0.5, 0.6) is 0 Å².